The second-order valence-corrected chi connectivity index (χ2v) is 14.5. The van der Waals surface area contributed by atoms with Crippen LogP contribution >= 0.6 is 0 Å². The zero-order chi connectivity index (χ0) is 35.1. The molecule has 0 aliphatic carbocycles. The molecule has 9 aromatic carbocycles. The number of nitrogens with zero attached hydrogens (tertiary/aromatic N) is 4. The van der Waals surface area contributed by atoms with E-state index in [1.54, 1.807) is 0 Å². The monoisotopic (exact) mass is 684 g/mol. The Hall–Kier alpha value is -7.30. The van der Waals surface area contributed by atoms with Crippen molar-refractivity contribution in [2.24, 2.45) is 0 Å². The molecule has 13 aromatic rings. The van der Waals surface area contributed by atoms with Crippen molar-refractivity contribution in [3.05, 3.63) is 170 Å². The van der Waals surface area contributed by atoms with Crippen molar-refractivity contribution in [3.8, 4) is 17.2 Å². The van der Waals surface area contributed by atoms with Crippen molar-refractivity contribution in [1.29, 1.82) is 0 Å². The predicted molar refractivity (Wildman–Crippen MR) is 226 cm³/mol. The number of para-hydroxylation sites is 1. The largest absolute Gasteiger partial charge is 0.307 e. The lowest BCUT2D eigenvalue weighted by Crippen LogP contribution is -2.04. The van der Waals surface area contributed by atoms with Gasteiger partial charge in [0.25, 0.3) is 0 Å². The Labute approximate surface area is 308 Å². The van der Waals surface area contributed by atoms with Crippen LogP contribution in [0.1, 0.15) is 0 Å². The highest BCUT2D eigenvalue weighted by molar-refractivity contribution is 6.37. The summed E-state index contributed by atoms with van der Waals surface area (Å²) < 4.78 is 4.85. The zero-order valence-corrected chi connectivity index (χ0v) is 29.0. The average Bonchev–Trinajstić information content (AvgIpc) is 3.73. The second kappa shape index (κ2) is 10.2. The van der Waals surface area contributed by atoms with Crippen LogP contribution in [-0.4, -0.2) is 18.9 Å². The van der Waals surface area contributed by atoms with Crippen LogP contribution < -0.4 is 0 Å². The Morgan fingerprint density at radius 3 is 1.76 bits per heavy atom. The molecule has 54 heavy (non-hydrogen) atoms. The normalized spacial score (nSPS) is 12.4. The number of fused-ring (bicyclic) bond motifs is 13. The summed E-state index contributed by atoms with van der Waals surface area (Å²) >= 11 is 0. The van der Waals surface area contributed by atoms with Gasteiger partial charge in [0.15, 0.2) is 0 Å². The van der Waals surface area contributed by atoms with Crippen molar-refractivity contribution in [3.63, 3.8) is 0 Å². The lowest BCUT2D eigenvalue weighted by Gasteiger charge is -2.14. The summed E-state index contributed by atoms with van der Waals surface area (Å²) in [6, 6.07) is 61.5. The van der Waals surface area contributed by atoms with E-state index >= 15 is 0 Å². The SMILES string of the molecule is c1ccc(-c2nc(-n3c4cccc5c6cccc7c8c9ccccc9c9ccccc9c8n(c8cccc3c8c54)c67)nc3ccc4ccccc4c23)cc1. The van der Waals surface area contributed by atoms with E-state index in [0.717, 1.165) is 38.6 Å². The van der Waals surface area contributed by atoms with Crippen LogP contribution in [0.25, 0.3) is 120 Å². The Morgan fingerprint density at radius 1 is 0.333 bits per heavy atom. The molecule has 0 saturated carbocycles. The minimum absolute atomic E-state index is 0.666. The number of hydrogen-bond donors (Lipinski definition) is 0. The Kier molecular flexibility index (Phi) is 5.34. The first-order valence-corrected chi connectivity index (χ1v) is 18.5. The first-order valence-electron chi connectivity index (χ1n) is 18.5. The molecule has 4 aromatic heterocycles. The smallest absolute Gasteiger partial charge is 0.235 e. The van der Waals surface area contributed by atoms with Gasteiger partial charge in [-0.15, -0.1) is 0 Å². The first-order chi connectivity index (χ1) is 26.8. The maximum atomic E-state index is 5.51. The number of aromatic nitrogens is 4. The van der Waals surface area contributed by atoms with Gasteiger partial charge >= 0.3 is 0 Å². The van der Waals surface area contributed by atoms with Crippen molar-refractivity contribution in [2.45, 2.75) is 0 Å². The second-order valence-electron chi connectivity index (χ2n) is 14.5. The van der Waals surface area contributed by atoms with Gasteiger partial charge in [-0.25, -0.2) is 9.97 Å². The van der Waals surface area contributed by atoms with Crippen LogP contribution in [0, 0.1) is 0 Å². The van der Waals surface area contributed by atoms with Crippen molar-refractivity contribution in [1.82, 2.24) is 18.9 Å². The van der Waals surface area contributed by atoms with Gasteiger partial charge < -0.3 is 4.40 Å². The molecule has 0 N–H and O–H groups in total. The van der Waals surface area contributed by atoms with Crippen LogP contribution in [0.15, 0.2) is 170 Å². The Bertz CT molecular complexity index is 3720. The molecule has 4 heterocycles. The van der Waals surface area contributed by atoms with E-state index < -0.39 is 0 Å². The van der Waals surface area contributed by atoms with Crippen LogP contribution in [0.3, 0.4) is 0 Å². The minimum Gasteiger partial charge on any atom is -0.307 e. The van der Waals surface area contributed by atoms with Gasteiger partial charge in [0.2, 0.25) is 5.95 Å². The molecule has 0 spiro atoms. The van der Waals surface area contributed by atoms with Crippen LogP contribution in [-0.2, 0) is 0 Å². The van der Waals surface area contributed by atoms with Gasteiger partial charge in [0.1, 0.15) is 0 Å². The predicted octanol–water partition coefficient (Wildman–Crippen LogP) is 13.0. The summed E-state index contributed by atoms with van der Waals surface area (Å²) in [5.41, 5.74) is 8.77. The highest BCUT2D eigenvalue weighted by Gasteiger charge is 2.25. The number of benzene rings is 9. The fourth-order valence-corrected chi connectivity index (χ4v) is 9.70. The van der Waals surface area contributed by atoms with Gasteiger partial charge in [-0.1, -0.05) is 146 Å². The van der Waals surface area contributed by atoms with Gasteiger partial charge in [-0.05, 0) is 56.6 Å². The van der Waals surface area contributed by atoms with Crippen LogP contribution in [0.2, 0.25) is 0 Å². The maximum Gasteiger partial charge on any atom is 0.235 e. The van der Waals surface area contributed by atoms with Gasteiger partial charge in [-0.2, -0.15) is 0 Å². The molecule has 4 nitrogen and oxygen atoms in total. The van der Waals surface area contributed by atoms with E-state index in [2.05, 4.69) is 179 Å². The average molecular weight is 685 g/mol. The highest BCUT2D eigenvalue weighted by Crippen LogP contribution is 2.47. The molecule has 0 aliphatic rings. The lowest BCUT2D eigenvalue weighted by molar-refractivity contribution is 1.01. The van der Waals surface area contributed by atoms with Crippen molar-refractivity contribution < 1.29 is 0 Å². The third-order valence-corrected chi connectivity index (χ3v) is 11.8. The standard InChI is InChI=1S/C50H28N4/c1-2-14-30(15-3-1)47-44-31-16-5-4-13-29(31)27-28-39(44)51-50(52-47)53-40-24-11-21-35-37-22-10-23-38-43-34-19-8-6-17-32(34)33-18-7-9-20-36(33)49(43)54(48(37)38)42-26-12-25-41(53)46(42)45(35)40/h1-28H. The minimum atomic E-state index is 0.666. The summed E-state index contributed by atoms with van der Waals surface area (Å²) in [5.74, 6) is 0.666. The van der Waals surface area contributed by atoms with E-state index in [-0.39, 0.29) is 0 Å². The third kappa shape index (κ3) is 3.48. The topological polar surface area (TPSA) is 35.1 Å². The molecule has 0 amide bonds. The number of hydrogen-bond acceptors (Lipinski definition) is 2. The molecule has 0 fully saturated rings. The molecule has 0 bridgehead atoms. The number of rotatable bonds is 2. The summed E-state index contributed by atoms with van der Waals surface area (Å²) in [4.78, 5) is 10.9. The van der Waals surface area contributed by atoms with E-state index in [4.69, 9.17) is 9.97 Å². The lowest BCUT2D eigenvalue weighted by atomic mass is 9.96. The molecule has 0 saturated heterocycles. The summed E-state index contributed by atoms with van der Waals surface area (Å²) in [6.45, 7) is 0. The molecule has 0 aliphatic heterocycles. The van der Waals surface area contributed by atoms with E-state index in [9.17, 15) is 0 Å². The molecule has 0 radical (unpaired) electrons. The molecule has 0 atom stereocenters. The van der Waals surface area contributed by atoms with Crippen molar-refractivity contribution >= 4 is 103 Å². The first kappa shape index (κ1) is 28.3. The zero-order valence-electron chi connectivity index (χ0n) is 29.0. The fraction of sp³-hybridized carbons (Fsp3) is 0. The summed E-state index contributed by atoms with van der Waals surface area (Å²) in [7, 11) is 0. The molecule has 13 rings (SSSR count). The fourth-order valence-electron chi connectivity index (χ4n) is 9.70. The van der Waals surface area contributed by atoms with E-state index in [0.29, 0.717) is 5.95 Å². The quantitative estimate of drug-likeness (QED) is 0.170. The highest BCUT2D eigenvalue weighted by atomic mass is 15.2. The molecule has 4 heteroatoms. The van der Waals surface area contributed by atoms with Crippen LogP contribution in [0.4, 0.5) is 0 Å². The van der Waals surface area contributed by atoms with Gasteiger partial charge in [0, 0.05) is 43.3 Å². The van der Waals surface area contributed by atoms with Gasteiger partial charge in [0.05, 0.1) is 38.8 Å². The summed E-state index contributed by atoms with van der Waals surface area (Å²) in [6.07, 6.45) is 0. The van der Waals surface area contributed by atoms with E-state index in [1.165, 1.54) is 75.8 Å². The van der Waals surface area contributed by atoms with Crippen LogP contribution in [0.5, 0.6) is 0 Å². The third-order valence-electron chi connectivity index (χ3n) is 11.8. The molecular formula is C50H28N4. The van der Waals surface area contributed by atoms with Crippen molar-refractivity contribution in [2.75, 3.05) is 0 Å². The molecule has 248 valence electrons. The van der Waals surface area contributed by atoms with Gasteiger partial charge in [-0.3, -0.25) is 4.57 Å². The molecule has 0 unspecified atom stereocenters. The maximum absolute atomic E-state index is 5.51. The Morgan fingerprint density at radius 2 is 0.907 bits per heavy atom. The molecular weight excluding hydrogens is 657 g/mol. The Balaban J connectivity index is 1.26. The summed E-state index contributed by atoms with van der Waals surface area (Å²) in [5, 5.41) is 15.9. The van der Waals surface area contributed by atoms with E-state index in [1.807, 2.05) is 0 Å².